The molecule has 2 atom stereocenters. The Bertz CT molecular complexity index is 840. The number of nitrogens with two attached hydrogens (primary N) is 1. The number of ether oxygens (including phenoxy) is 2. The first kappa shape index (κ1) is 23.6. The van der Waals surface area contributed by atoms with Crippen molar-refractivity contribution in [3.8, 4) is 5.75 Å². The van der Waals surface area contributed by atoms with Crippen molar-refractivity contribution >= 4 is 5.97 Å². The number of hydrogen-bond donors (Lipinski definition) is 2. The Kier molecular flexibility index (Phi) is 8.13. The molecule has 0 aromatic heterocycles. The third-order valence-electron chi connectivity index (χ3n) is 4.17. The summed E-state index contributed by atoms with van der Waals surface area (Å²) in [5.41, 5.74) is 6.82. The van der Waals surface area contributed by atoms with E-state index >= 15 is 0 Å². The lowest BCUT2D eigenvalue weighted by Crippen LogP contribution is -2.47. The zero-order valence-electron chi connectivity index (χ0n) is 16.0. The number of carbonyl (C=O) groups excluding carboxylic acids is 1. The molecular weight excluding hydrogens is 411 g/mol. The molecule has 2 rings (SSSR count). The van der Waals surface area contributed by atoms with Crippen molar-refractivity contribution in [1.82, 2.24) is 5.32 Å². The Labute approximate surface area is 170 Å². The van der Waals surface area contributed by atoms with Gasteiger partial charge in [-0.1, -0.05) is 12.1 Å². The van der Waals surface area contributed by atoms with Gasteiger partial charge in [-0.15, -0.1) is 0 Å². The molecular formula is C20H21F5N2O3. The quantitative estimate of drug-likeness (QED) is 0.471. The summed E-state index contributed by atoms with van der Waals surface area (Å²) in [6.07, 6.45) is -6.79. The molecule has 30 heavy (non-hydrogen) atoms. The number of halogens is 5. The van der Waals surface area contributed by atoms with Crippen molar-refractivity contribution in [2.24, 2.45) is 5.73 Å². The summed E-state index contributed by atoms with van der Waals surface area (Å²) in [7, 11) is 1.49. The van der Waals surface area contributed by atoms with Gasteiger partial charge in [-0.05, 0) is 41.8 Å². The normalized spacial score (nSPS) is 13.6. The van der Waals surface area contributed by atoms with Gasteiger partial charge in [0.1, 0.15) is 23.5 Å². The van der Waals surface area contributed by atoms with Gasteiger partial charge >= 0.3 is 12.1 Å². The van der Waals surface area contributed by atoms with E-state index in [0.717, 1.165) is 17.7 Å². The Hall–Kier alpha value is -2.72. The minimum absolute atomic E-state index is 0.126. The molecule has 164 valence electrons. The first-order chi connectivity index (χ1) is 14.1. The van der Waals surface area contributed by atoms with Crippen LogP contribution in [0.3, 0.4) is 0 Å². The van der Waals surface area contributed by atoms with Crippen molar-refractivity contribution in [1.29, 1.82) is 0 Å². The molecule has 2 aromatic carbocycles. The highest BCUT2D eigenvalue weighted by molar-refractivity contribution is 5.75. The van der Waals surface area contributed by atoms with Crippen molar-refractivity contribution < 1.29 is 36.2 Å². The molecule has 0 radical (unpaired) electrons. The SMILES string of the molecule is COc1cccc(CNC[C@H](OC(=O)C(F)(F)F)[C@@H](N)Cc2cc(F)cc(F)c2)c1. The number of methoxy groups -OCH3 is 1. The Morgan fingerprint density at radius 3 is 2.37 bits per heavy atom. The van der Waals surface area contributed by atoms with E-state index in [1.807, 2.05) is 0 Å². The van der Waals surface area contributed by atoms with Crippen LogP contribution in [0.5, 0.6) is 5.75 Å². The topological polar surface area (TPSA) is 73.6 Å². The minimum atomic E-state index is -5.20. The van der Waals surface area contributed by atoms with Crippen LogP contribution in [0.2, 0.25) is 0 Å². The highest BCUT2D eigenvalue weighted by atomic mass is 19.4. The standard InChI is InChI=1S/C20H21F5N2O3/c1-29-16-4-2-3-12(7-16)10-27-11-18(30-19(28)20(23,24)25)17(26)8-13-5-14(21)9-15(22)6-13/h2-7,9,17-18,27H,8,10-11,26H2,1H3/t17-,18-/m0/s1. The maximum Gasteiger partial charge on any atom is 0.490 e. The second-order valence-corrected chi connectivity index (χ2v) is 6.57. The van der Waals surface area contributed by atoms with Crippen LogP contribution < -0.4 is 15.8 Å². The van der Waals surface area contributed by atoms with E-state index in [1.54, 1.807) is 24.3 Å². The summed E-state index contributed by atoms with van der Waals surface area (Å²) >= 11 is 0. The number of carbonyl (C=O) groups is 1. The molecule has 0 heterocycles. The monoisotopic (exact) mass is 432 g/mol. The van der Waals surface area contributed by atoms with Gasteiger partial charge < -0.3 is 20.5 Å². The van der Waals surface area contributed by atoms with E-state index < -0.39 is 35.9 Å². The summed E-state index contributed by atoms with van der Waals surface area (Å²) < 4.78 is 74.2. The van der Waals surface area contributed by atoms with Crippen LogP contribution in [0.25, 0.3) is 0 Å². The second kappa shape index (κ2) is 10.4. The van der Waals surface area contributed by atoms with Gasteiger partial charge in [0, 0.05) is 25.2 Å². The lowest BCUT2D eigenvalue weighted by atomic mass is 10.0. The molecule has 10 heteroatoms. The molecule has 0 bridgehead atoms. The predicted molar refractivity (Wildman–Crippen MR) is 98.7 cm³/mol. The summed E-state index contributed by atoms with van der Waals surface area (Å²) in [6, 6.07) is 8.49. The maximum atomic E-state index is 13.4. The largest absolute Gasteiger partial charge is 0.497 e. The van der Waals surface area contributed by atoms with E-state index in [4.69, 9.17) is 10.5 Å². The van der Waals surface area contributed by atoms with Crippen molar-refractivity contribution in [3.05, 3.63) is 65.2 Å². The van der Waals surface area contributed by atoms with Crippen molar-refractivity contribution in [3.63, 3.8) is 0 Å². The summed E-state index contributed by atoms with van der Waals surface area (Å²) in [4.78, 5) is 11.3. The van der Waals surface area contributed by atoms with Crippen LogP contribution in [-0.2, 0) is 22.5 Å². The Morgan fingerprint density at radius 1 is 1.10 bits per heavy atom. The van der Waals surface area contributed by atoms with Gasteiger partial charge in [-0.3, -0.25) is 0 Å². The smallest absolute Gasteiger partial charge is 0.490 e. The van der Waals surface area contributed by atoms with E-state index in [0.29, 0.717) is 11.8 Å². The molecule has 0 aliphatic heterocycles. The predicted octanol–water partition coefficient (Wildman–Crippen LogP) is 3.11. The Morgan fingerprint density at radius 2 is 1.77 bits per heavy atom. The van der Waals surface area contributed by atoms with E-state index in [1.165, 1.54) is 7.11 Å². The van der Waals surface area contributed by atoms with Crippen molar-refractivity contribution in [2.75, 3.05) is 13.7 Å². The fourth-order valence-electron chi connectivity index (χ4n) is 2.76. The summed E-state index contributed by atoms with van der Waals surface area (Å²) in [5.74, 6) is -3.50. The molecule has 0 saturated carbocycles. The van der Waals surface area contributed by atoms with Gasteiger partial charge in [0.05, 0.1) is 7.11 Å². The van der Waals surface area contributed by atoms with Gasteiger partial charge in [0.15, 0.2) is 0 Å². The second-order valence-electron chi connectivity index (χ2n) is 6.57. The zero-order chi connectivity index (χ0) is 22.3. The minimum Gasteiger partial charge on any atom is -0.497 e. The molecule has 0 unspecified atom stereocenters. The van der Waals surface area contributed by atoms with Crippen LogP contribution in [0, 0.1) is 11.6 Å². The van der Waals surface area contributed by atoms with Gasteiger partial charge in [0.2, 0.25) is 0 Å². The van der Waals surface area contributed by atoms with Crippen LogP contribution in [0.4, 0.5) is 22.0 Å². The molecule has 0 aliphatic rings. The number of benzene rings is 2. The Balaban J connectivity index is 2.07. The molecule has 0 aliphatic carbocycles. The molecule has 0 amide bonds. The van der Waals surface area contributed by atoms with Crippen LogP contribution in [-0.4, -0.2) is 37.9 Å². The zero-order valence-corrected chi connectivity index (χ0v) is 16.0. The number of hydrogen-bond acceptors (Lipinski definition) is 5. The third-order valence-corrected chi connectivity index (χ3v) is 4.17. The molecule has 0 saturated heterocycles. The number of rotatable bonds is 9. The first-order valence-electron chi connectivity index (χ1n) is 8.90. The lowest BCUT2D eigenvalue weighted by molar-refractivity contribution is -0.205. The fourth-order valence-corrected chi connectivity index (χ4v) is 2.76. The van der Waals surface area contributed by atoms with Gasteiger partial charge in [-0.2, -0.15) is 13.2 Å². The summed E-state index contributed by atoms with van der Waals surface area (Å²) in [6.45, 7) is 0.0244. The molecule has 0 fully saturated rings. The lowest BCUT2D eigenvalue weighted by Gasteiger charge is -2.25. The number of esters is 1. The van der Waals surface area contributed by atoms with Crippen LogP contribution in [0.15, 0.2) is 42.5 Å². The highest BCUT2D eigenvalue weighted by Gasteiger charge is 2.43. The average molecular weight is 432 g/mol. The fraction of sp³-hybridized carbons (Fsp3) is 0.350. The van der Waals surface area contributed by atoms with Gasteiger partial charge in [-0.25, -0.2) is 13.6 Å². The molecule has 5 nitrogen and oxygen atoms in total. The van der Waals surface area contributed by atoms with Crippen LogP contribution >= 0.6 is 0 Å². The highest BCUT2D eigenvalue weighted by Crippen LogP contribution is 2.19. The molecule has 2 aromatic rings. The number of nitrogens with one attached hydrogen (secondary N) is 1. The van der Waals surface area contributed by atoms with Crippen LogP contribution in [0.1, 0.15) is 11.1 Å². The third kappa shape index (κ3) is 7.27. The average Bonchev–Trinajstić information content (AvgIpc) is 2.65. The number of alkyl halides is 3. The molecule has 3 N–H and O–H groups in total. The van der Waals surface area contributed by atoms with E-state index in [9.17, 15) is 26.7 Å². The van der Waals surface area contributed by atoms with E-state index in [2.05, 4.69) is 10.1 Å². The van der Waals surface area contributed by atoms with E-state index in [-0.39, 0.29) is 25.1 Å². The van der Waals surface area contributed by atoms with Gasteiger partial charge in [0.25, 0.3) is 0 Å². The van der Waals surface area contributed by atoms with Crippen molar-refractivity contribution in [2.45, 2.75) is 31.3 Å². The first-order valence-corrected chi connectivity index (χ1v) is 8.90. The molecule has 0 spiro atoms. The summed E-state index contributed by atoms with van der Waals surface area (Å²) in [5, 5.41) is 2.87. The maximum absolute atomic E-state index is 13.4.